The molecule has 2 heterocycles. The zero-order valence-corrected chi connectivity index (χ0v) is 18.3. The quantitative estimate of drug-likeness (QED) is 0.476. The Morgan fingerprint density at radius 2 is 1.97 bits per heavy atom. The zero-order valence-electron chi connectivity index (χ0n) is 18.3. The van der Waals surface area contributed by atoms with E-state index in [1.165, 1.54) is 18.3 Å². The van der Waals surface area contributed by atoms with Crippen LogP contribution in [0.25, 0.3) is 11.0 Å². The van der Waals surface area contributed by atoms with E-state index >= 15 is 0 Å². The topological polar surface area (TPSA) is 65.8 Å². The van der Waals surface area contributed by atoms with Crippen LogP contribution >= 0.6 is 0 Å². The number of hydrogen-bond donors (Lipinski definition) is 0. The molecule has 1 fully saturated rings. The summed E-state index contributed by atoms with van der Waals surface area (Å²) in [5.74, 6) is 0.868. The lowest BCUT2D eigenvalue weighted by atomic mass is 10.1. The predicted octanol–water partition coefficient (Wildman–Crippen LogP) is 2.89. The molecule has 1 aliphatic rings. The van der Waals surface area contributed by atoms with Crippen LogP contribution in [0.1, 0.15) is 12.0 Å². The molecule has 0 spiro atoms. The van der Waals surface area contributed by atoms with Crippen LogP contribution in [0.15, 0.2) is 47.4 Å². The number of aryl methyl sites for hydroxylation is 2. The van der Waals surface area contributed by atoms with Crippen LogP contribution in [-0.2, 0) is 17.7 Å². The van der Waals surface area contributed by atoms with Gasteiger partial charge in [-0.2, -0.15) is 0 Å². The van der Waals surface area contributed by atoms with E-state index in [9.17, 15) is 9.18 Å². The molecule has 0 saturated carbocycles. The fraction of sp³-hybridized carbons (Fsp3) is 0.417. The minimum Gasteiger partial charge on any atom is -0.493 e. The van der Waals surface area contributed by atoms with E-state index in [1.807, 2.05) is 12.1 Å². The van der Waals surface area contributed by atoms with E-state index in [1.54, 1.807) is 23.8 Å². The van der Waals surface area contributed by atoms with Crippen LogP contribution in [0.4, 0.5) is 4.39 Å². The van der Waals surface area contributed by atoms with Crippen molar-refractivity contribution >= 4 is 11.0 Å². The second-order valence-corrected chi connectivity index (χ2v) is 7.78. The average Bonchev–Trinajstić information content (AvgIpc) is 2.81. The van der Waals surface area contributed by atoms with Crippen LogP contribution < -0.4 is 15.0 Å². The Labute approximate surface area is 186 Å². The smallest absolute Gasteiger partial charge is 0.269 e. The number of ether oxygens (including phenoxy) is 3. The Morgan fingerprint density at radius 1 is 1.12 bits per heavy atom. The monoisotopic (exact) mass is 441 g/mol. The van der Waals surface area contributed by atoms with Crippen molar-refractivity contribution in [1.29, 1.82) is 0 Å². The Kier molecular flexibility index (Phi) is 7.34. The standard InChI is InChI=1S/C24H28FN3O4/c1-30-22-15-20-21(16-23(22)32-11-3-7-27-9-12-31-13-10-27)28(24(29)17-26-20)8-6-18-4-2-5-19(25)14-18/h2,4-5,14-17H,3,6-13H2,1H3. The Hall–Kier alpha value is -2.97. The number of methoxy groups -OCH3 is 1. The van der Waals surface area contributed by atoms with Gasteiger partial charge in [-0.25, -0.2) is 9.37 Å². The van der Waals surface area contributed by atoms with Crippen molar-refractivity contribution in [3.8, 4) is 11.5 Å². The molecular weight excluding hydrogens is 413 g/mol. The average molecular weight is 442 g/mol. The molecule has 0 radical (unpaired) electrons. The molecule has 0 atom stereocenters. The lowest BCUT2D eigenvalue weighted by molar-refractivity contribution is 0.0357. The molecule has 4 rings (SSSR count). The number of hydrogen-bond acceptors (Lipinski definition) is 6. The first-order chi connectivity index (χ1) is 15.6. The third-order valence-corrected chi connectivity index (χ3v) is 5.62. The van der Waals surface area contributed by atoms with Crippen molar-refractivity contribution in [2.24, 2.45) is 0 Å². The number of benzene rings is 2. The maximum Gasteiger partial charge on any atom is 0.269 e. The third-order valence-electron chi connectivity index (χ3n) is 5.62. The van der Waals surface area contributed by atoms with Gasteiger partial charge in [-0.3, -0.25) is 9.69 Å². The van der Waals surface area contributed by atoms with Gasteiger partial charge in [0.15, 0.2) is 11.5 Å². The number of aromatic nitrogens is 2. The maximum absolute atomic E-state index is 13.5. The van der Waals surface area contributed by atoms with Crippen LogP contribution in [0.5, 0.6) is 11.5 Å². The molecule has 0 N–H and O–H groups in total. The minimum absolute atomic E-state index is 0.211. The molecule has 1 saturated heterocycles. The van der Waals surface area contributed by atoms with Crippen molar-refractivity contribution in [3.63, 3.8) is 0 Å². The normalized spacial score (nSPS) is 14.6. The van der Waals surface area contributed by atoms with Gasteiger partial charge in [0, 0.05) is 38.3 Å². The summed E-state index contributed by atoms with van der Waals surface area (Å²) in [4.78, 5) is 19.2. The summed E-state index contributed by atoms with van der Waals surface area (Å²) in [5.41, 5.74) is 1.92. The summed E-state index contributed by atoms with van der Waals surface area (Å²) < 4.78 is 32.1. The molecule has 7 nitrogen and oxygen atoms in total. The SMILES string of the molecule is COc1cc2ncc(=O)n(CCc3cccc(F)c3)c2cc1OCCCN1CCOCC1. The number of fused-ring (bicyclic) bond motifs is 1. The van der Waals surface area contributed by atoms with Gasteiger partial charge in [-0.1, -0.05) is 12.1 Å². The second kappa shape index (κ2) is 10.6. The van der Waals surface area contributed by atoms with E-state index in [4.69, 9.17) is 14.2 Å². The first-order valence-corrected chi connectivity index (χ1v) is 10.9. The lowest BCUT2D eigenvalue weighted by Crippen LogP contribution is -2.37. The fourth-order valence-corrected chi connectivity index (χ4v) is 3.90. The maximum atomic E-state index is 13.5. The van der Waals surface area contributed by atoms with Crippen LogP contribution in [0.3, 0.4) is 0 Å². The molecule has 0 unspecified atom stereocenters. The number of nitrogens with zero attached hydrogens (tertiary/aromatic N) is 3. The second-order valence-electron chi connectivity index (χ2n) is 7.78. The van der Waals surface area contributed by atoms with E-state index in [0.29, 0.717) is 42.1 Å². The summed E-state index contributed by atoms with van der Waals surface area (Å²) in [6.07, 6.45) is 2.70. The van der Waals surface area contributed by atoms with Crippen molar-refractivity contribution in [1.82, 2.24) is 14.5 Å². The summed E-state index contributed by atoms with van der Waals surface area (Å²) in [6, 6.07) is 10.0. The van der Waals surface area contributed by atoms with Gasteiger partial charge in [-0.15, -0.1) is 0 Å². The van der Waals surface area contributed by atoms with Crippen LogP contribution in [-0.4, -0.2) is 61.0 Å². The van der Waals surface area contributed by atoms with E-state index < -0.39 is 0 Å². The highest BCUT2D eigenvalue weighted by atomic mass is 19.1. The number of halogens is 1. The van der Waals surface area contributed by atoms with Gasteiger partial charge in [0.1, 0.15) is 5.82 Å². The molecule has 8 heteroatoms. The van der Waals surface area contributed by atoms with Gasteiger partial charge < -0.3 is 18.8 Å². The Balaban J connectivity index is 1.50. The molecule has 32 heavy (non-hydrogen) atoms. The summed E-state index contributed by atoms with van der Waals surface area (Å²) >= 11 is 0. The lowest BCUT2D eigenvalue weighted by Gasteiger charge is -2.26. The minimum atomic E-state index is -0.285. The Morgan fingerprint density at radius 3 is 2.75 bits per heavy atom. The first kappa shape index (κ1) is 22.2. The van der Waals surface area contributed by atoms with Gasteiger partial charge in [-0.05, 0) is 30.5 Å². The summed E-state index contributed by atoms with van der Waals surface area (Å²) in [6.45, 7) is 5.33. The molecule has 1 aromatic heterocycles. The van der Waals surface area contributed by atoms with Crippen molar-refractivity contribution in [2.75, 3.05) is 46.6 Å². The highest BCUT2D eigenvalue weighted by molar-refractivity contribution is 5.79. The molecule has 0 amide bonds. The highest BCUT2D eigenvalue weighted by Gasteiger charge is 2.13. The largest absolute Gasteiger partial charge is 0.493 e. The molecule has 2 aromatic carbocycles. The van der Waals surface area contributed by atoms with E-state index in [2.05, 4.69) is 9.88 Å². The molecule has 170 valence electrons. The van der Waals surface area contributed by atoms with Crippen molar-refractivity contribution in [3.05, 3.63) is 64.3 Å². The van der Waals surface area contributed by atoms with Crippen molar-refractivity contribution in [2.45, 2.75) is 19.4 Å². The number of rotatable bonds is 9. The highest BCUT2D eigenvalue weighted by Crippen LogP contribution is 2.31. The summed E-state index contributed by atoms with van der Waals surface area (Å²) in [5, 5.41) is 0. The van der Waals surface area contributed by atoms with E-state index in [0.717, 1.165) is 44.8 Å². The van der Waals surface area contributed by atoms with Gasteiger partial charge in [0.05, 0.1) is 44.2 Å². The van der Waals surface area contributed by atoms with Gasteiger partial charge in [0.25, 0.3) is 5.56 Å². The molecule has 0 bridgehead atoms. The fourth-order valence-electron chi connectivity index (χ4n) is 3.90. The molecule has 3 aromatic rings. The first-order valence-electron chi connectivity index (χ1n) is 10.9. The zero-order chi connectivity index (χ0) is 22.3. The van der Waals surface area contributed by atoms with Crippen LogP contribution in [0.2, 0.25) is 0 Å². The Bertz CT molecular complexity index is 1110. The van der Waals surface area contributed by atoms with Crippen LogP contribution in [0, 0.1) is 5.82 Å². The van der Waals surface area contributed by atoms with Gasteiger partial charge in [0.2, 0.25) is 0 Å². The van der Waals surface area contributed by atoms with Crippen molar-refractivity contribution < 1.29 is 18.6 Å². The third kappa shape index (κ3) is 5.44. The molecule has 0 aliphatic carbocycles. The number of morpholine rings is 1. The van der Waals surface area contributed by atoms with E-state index in [-0.39, 0.29) is 11.4 Å². The molecule has 1 aliphatic heterocycles. The van der Waals surface area contributed by atoms with Gasteiger partial charge >= 0.3 is 0 Å². The summed E-state index contributed by atoms with van der Waals surface area (Å²) in [7, 11) is 1.59. The molecular formula is C24H28FN3O4. The predicted molar refractivity (Wildman–Crippen MR) is 120 cm³/mol.